The van der Waals surface area contributed by atoms with Gasteiger partial charge >= 0.3 is 0 Å². The highest BCUT2D eigenvalue weighted by molar-refractivity contribution is 7.98. The van der Waals surface area contributed by atoms with Crippen molar-refractivity contribution in [2.75, 3.05) is 26.0 Å². The van der Waals surface area contributed by atoms with Gasteiger partial charge in [0.2, 0.25) is 0 Å². The molecule has 0 amide bonds. The van der Waals surface area contributed by atoms with Gasteiger partial charge in [0.25, 0.3) is 0 Å². The Labute approximate surface area is 112 Å². The van der Waals surface area contributed by atoms with Crippen molar-refractivity contribution in [3.05, 3.63) is 17.7 Å². The van der Waals surface area contributed by atoms with Crippen LogP contribution in [0.4, 0.5) is 0 Å². The molecular formula is C14H17NO2S. The van der Waals surface area contributed by atoms with E-state index in [0.717, 1.165) is 18.0 Å². The normalized spacial score (nSPS) is 12.8. The summed E-state index contributed by atoms with van der Waals surface area (Å²) in [5.41, 5.74) is 1.23. The molecule has 1 N–H and O–H groups in total. The first-order valence-corrected chi connectivity index (χ1v) is 7.14. The molecule has 1 heterocycles. The second-order valence-electron chi connectivity index (χ2n) is 3.84. The van der Waals surface area contributed by atoms with Crippen LogP contribution in [0, 0.1) is 11.8 Å². The van der Waals surface area contributed by atoms with Gasteiger partial charge in [-0.15, -0.1) is 17.7 Å². The molecule has 0 bridgehead atoms. The van der Waals surface area contributed by atoms with Crippen LogP contribution in [0.3, 0.4) is 0 Å². The molecule has 0 fully saturated rings. The SMILES string of the molecule is CC#CCNCc1cc2c(cc1SC)OCCO2. The third-order valence-corrected chi connectivity index (χ3v) is 3.47. The van der Waals surface area contributed by atoms with Crippen molar-refractivity contribution in [1.82, 2.24) is 5.32 Å². The average Bonchev–Trinajstić information content (AvgIpc) is 2.42. The highest BCUT2D eigenvalue weighted by Crippen LogP contribution is 2.36. The van der Waals surface area contributed by atoms with E-state index in [1.54, 1.807) is 11.8 Å². The van der Waals surface area contributed by atoms with E-state index in [1.807, 2.05) is 6.92 Å². The summed E-state index contributed by atoms with van der Waals surface area (Å²) in [6.45, 7) is 4.60. The Kier molecular flexibility index (Phi) is 4.80. The van der Waals surface area contributed by atoms with Gasteiger partial charge in [-0.1, -0.05) is 5.92 Å². The minimum absolute atomic E-state index is 0.625. The highest BCUT2D eigenvalue weighted by atomic mass is 32.2. The van der Waals surface area contributed by atoms with Gasteiger partial charge in [-0.05, 0) is 30.9 Å². The molecule has 0 aromatic heterocycles. The highest BCUT2D eigenvalue weighted by Gasteiger charge is 2.15. The van der Waals surface area contributed by atoms with Crippen LogP contribution in [0.25, 0.3) is 0 Å². The smallest absolute Gasteiger partial charge is 0.162 e. The van der Waals surface area contributed by atoms with Gasteiger partial charge in [0.1, 0.15) is 13.2 Å². The minimum atomic E-state index is 0.625. The maximum absolute atomic E-state index is 5.60. The first-order valence-electron chi connectivity index (χ1n) is 5.92. The van der Waals surface area contributed by atoms with Gasteiger partial charge in [0.05, 0.1) is 6.54 Å². The predicted molar refractivity (Wildman–Crippen MR) is 74.4 cm³/mol. The lowest BCUT2D eigenvalue weighted by molar-refractivity contribution is 0.171. The van der Waals surface area contributed by atoms with Gasteiger partial charge in [-0.3, -0.25) is 0 Å². The van der Waals surface area contributed by atoms with E-state index in [0.29, 0.717) is 19.8 Å². The number of hydrogen-bond donors (Lipinski definition) is 1. The zero-order valence-electron chi connectivity index (χ0n) is 10.7. The van der Waals surface area contributed by atoms with Crippen LogP contribution in [0.1, 0.15) is 12.5 Å². The number of ether oxygens (including phenoxy) is 2. The van der Waals surface area contributed by atoms with Crippen LogP contribution in [-0.4, -0.2) is 26.0 Å². The number of hydrogen-bond acceptors (Lipinski definition) is 4. The summed E-state index contributed by atoms with van der Waals surface area (Å²) in [5, 5.41) is 3.30. The lowest BCUT2D eigenvalue weighted by Gasteiger charge is -2.20. The van der Waals surface area contributed by atoms with Crippen molar-refractivity contribution < 1.29 is 9.47 Å². The van der Waals surface area contributed by atoms with Crippen molar-refractivity contribution in [2.45, 2.75) is 18.4 Å². The molecule has 18 heavy (non-hydrogen) atoms. The molecule has 1 aromatic carbocycles. The Morgan fingerprint density at radius 1 is 1.28 bits per heavy atom. The summed E-state index contributed by atoms with van der Waals surface area (Å²) in [7, 11) is 0. The molecule has 0 saturated heterocycles. The Bertz CT molecular complexity index is 477. The number of nitrogens with one attached hydrogen (secondary N) is 1. The van der Waals surface area contributed by atoms with E-state index in [9.17, 15) is 0 Å². The monoisotopic (exact) mass is 263 g/mol. The van der Waals surface area contributed by atoms with Crippen LogP contribution < -0.4 is 14.8 Å². The van der Waals surface area contributed by atoms with Gasteiger partial charge < -0.3 is 14.8 Å². The Hall–Kier alpha value is -1.31. The van der Waals surface area contributed by atoms with Crippen molar-refractivity contribution in [3.8, 4) is 23.3 Å². The Morgan fingerprint density at radius 3 is 2.67 bits per heavy atom. The predicted octanol–water partition coefficient (Wildman–Crippen LogP) is 2.29. The van der Waals surface area contributed by atoms with Crippen molar-refractivity contribution in [3.63, 3.8) is 0 Å². The molecule has 96 valence electrons. The standard InChI is InChI=1S/C14H17NO2S/c1-3-4-5-15-10-11-8-12-13(9-14(11)18-2)17-7-6-16-12/h8-9,15H,5-7,10H2,1-2H3. The second-order valence-corrected chi connectivity index (χ2v) is 4.69. The fourth-order valence-electron chi connectivity index (χ4n) is 1.79. The average molecular weight is 263 g/mol. The molecule has 4 heteroatoms. The molecule has 0 radical (unpaired) electrons. The minimum Gasteiger partial charge on any atom is -0.486 e. The molecule has 0 saturated carbocycles. The summed E-state index contributed by atoms with van der Waals surface area (Å²) < 4.78 is 11.2. The van der Waals surface area contributed by atoms with Gasteiger partial charge in [-0.25, -0.2) is 0 Å². The molecule has 1 aromatic rings. The lowest BCUT2D eigenvalue weighted by Crippen LogP contribution is -2.17. The zero-order valence-corrected chi connectivity index (χ0v) is 11.5. The topological polar surface area (TPSA) is 30.5 Å². The summed E-state index contributed by atoms with van der Waals surface area (Å²) in [5.74, 6) is 7.56. The third-order valence-electron chi connectivity index (χ3n) is 2.65. The van der Waals surface area contributed by atoms with Crippen LogP contribution in [0.2, 0.25) is 0 Å². The van der Waals surface area contributed by atoms with Gasteiger partial charge in [-0.2, -0.15) is 0 Å². The Balaban J connectivity index is 2.13. The van der Waals surface area contributed by atoms with Crippen molar-refractivity contribution >= 4 is 11.8 Å². The molecule has 1 aliphatic heterocycles. The first kappa shape index (κ1) is 13.1. The maximum atomic E-state index is 5.60. The molecular weight excluding hydrogens is 246 g/mol. The van der Waals surface area contributed by atoms with Crippen molar-refractivity contribution in [1.29, 1.82) is 0 Å². The quantitative estimate of drug-likeness (QED) is 0.513. The molecule has 0 aliphatic carbocycles. The van der Waals surface area contributed by atoms with Gasteiger partial charge in [0, 0.05) is 11.4 Å². The number of thioether (sulfide) groups is 1. The summed E-state index contributed by atoms with van der Waals surface area (Å²) >= 11 is 1.72. The van der Waals surface area contributed by atoms with Crippen LogP contribution >= 0.6 is 11.8 Å². The molecule has 0 spiro atoms. The van der Waals surface area contributed by atoms with E-state index in [1.165, 1.54) is 10.5 Å². The third kappa shape index (κ3) is 3.12. The van der Waals surface area contributed by atoms with Gasteiger partial charge in [0.15, 0.2) is 11.5 Å². The summed E-state index contributed by atoms with van der Waals surface area (Å²) in [6.07, 6.45) is 2.07. The fraction of sp³-hybridized carbons (Fsp3) is 0.429. The molecule has 1 aliphatic rings. The molecule has 0 unspecified atom stereocenters. The fourth-order valence-corrected chi connectivity index (χ4v) is 2.41. The number of fused-ring (bicyclic) bond motifs is 1. The van der Waals surface area contributed by atoms with E-state index >= 15 is 0 Å². The molecule has 3 nitrogen and oxygen atoms in total. The van der Waals surface area contributed by atoms with Crippen LogP contribution in [-0.2, 0) is 6.54 Å². The number of rotatable bonds is 4. The molecule has 0 atom stereocenters. The molecule has 2 rings (SSSR count). The lowest BCUT2D eigenvalue weighted by atomic mass is 10.2. The Morgan fingerprint density at radius 2 is 2.00 bits per heavy atom. The van der Waals surface area contributed by atoms with E-state index < -0.39 is 0 Å². The second kappa shape index (κ2) is 6.58. The first-order chi connectivity index (χ1) is 8.85. The van der Waals surface area contributed by atoms with E-state index in [4.69, 9.17) is 9.47 Å². The van der Waals surface area contributed by atoms with Crippen LogP contribution in [0.15, 0.2) is 17.0 Å². The number of benzene rings is 1. The van der Waals surface area contributed by atoms with Crippen molar-refractivity contribution in [2.24, 2.45) is 0 Å². The van der Waals surface area contributed by atoms with E-state index in [2.05, 4.69) is 35.5 Å². The summed E-state index contributed by atoms with van der Waals surface area (Å²) in [6, 6.07) is 4.12. The maximum Gasteiger partial charge on any atom is 0.162 e. The summed E-state index contributed by atoms with van der Waals surface area (Å²) in [4.78, 5) is 1.22. The van der Waals surface area contributed by atoms with E-state index in [-0.39, 0.29) is 0 Å². The zero-order chi connectivity index (χ0) is 12.8. The largest absolute Gasteiger partial charge is 0.486 e. The van der Waals surface area contributed by atoms with Crippen LogP contribution in [0.5, 0.6) is 11.5 Å².